The lowest BCUT2D eigenvalue weighted by molar-refractivity contribution is 0.221. The van der Waals surface area contributed by atoms with Crippen molar-refractivity contribution in [1.29, 1.82) is 0 Å². The summed E-state index contributed by atoms with van der Waals surface area (Å²) in [4.78, 5) is 11.3. The SMILES string of the molecule is C[C@@H](CO)NC(=O)NCCSCc1ccccc1F. The first-order valence-corrected chi connectivity index (χ1v) is 7.25. The zero-order valence-electron chi connectivity index (χ0n) is 10.9. The second kappa shape index (κ2) is 8.77. The number of aliphatic hydroxyl groups is 1. The van der Waals surface area contributed by atoms with Crippen molar-refractivity contribution in [2.24, 2.45) is 0 Å². The molecule has 4 nitrogen and oxygen atoms in total. The standard InChI is InChI=1S/C13H19FN2O2S/c1-10(8-17)16-13(18)15-6-7-19-9-11-4-2-3-5-12(11)14/h2-5,10,17H,6-9H2,1H3,(H2,15,16,18)/t10-/m0/s1. The van der Waals surface area contributed by atoms with Crippen molar-refractivity contribution in [3.8, 4) is 0 Å². The Kier molecular flexibility index (Phi) is 7.28. The van der Waals surface area contributed by atoms with Crippen molar-refractivity contribution in [2.75, 3.05) is 18.9 Å². The minimum Gasteiger partial charge on any atom is -0.394 e. The lowest BCUT2D eigenvalue weighted by Gasteiger charge is -2.11. The molecule has 0 saturated carbocycles. The maximum atomic E-state index is 13.3. The van der Waals surface area contributed by atoms with E-state index in [1.807, 2.05) is 0 Å². The number of benzene rings is 1. The Morgan fingerprint density at radius 2 is 2.21 bits per heavy atom. The molecule has 19 heavy (non-hydrogen) atoms. The molecule has 0 bridgehead atoms. The van der Waals surface area contributed by atoms with Crippen molar-refractivity contribution in [3.05, 3.63) is 35.6 Å². The van der Waals surface area contributed by atoms with Gasteiger partial charge in [-0.15, -0.1) is 0 Å². The average molecular weight is 286 g/mol. The zero-order chi connectivity index (χ0) is 14.1. The van der Waals surface area contributed by atoms with E-state index in [9.17, 15) is 9.18 Å². The first-order chi connectivity index (χ1) is 9.13. The predicted molar refractivity (Wildman–Crippen MR) is 75.6 cm³/mol. The molecule has 0 heterocycles. The largest absolute Gasteiger partial charge is 0.394 e. The number of aliphatic hydroxyl groups excluding tert-OH is 1. The summed E-state index contributed by atoms with van der Waals surface area (Å²) in [5.74, 6) is 1.09. The Balaban J connectivity index is 2.12. The second-order valence-electron chi connectivity index (χ2n) is 4.13. The van der Waals surface area contributed by atoms with Crippen LogP contribution in [-0.4, -0.2) is 36.1 Å². The summed E-state index contributed by atoms with van der Waals surface area (Å²) in [6, 6.07) is 6.11. The number of hydrogen-bond donors (Lipinski definition) is 3. The molecule has 1 aromatic rings. The maximum Gasteiger partial charge on any atom is 0.315 e. The summed E-state index contributed by atoms with van der Waals surface area (Å²) < 4.78 is 13.3. The first kappa shape index (κ1) is 15.8. The van der Waals surface area contributed by atoms with Crippen LogP contribution in [0.3, 0.4) is 0 Å². The highest BCUT2D eigenvalue weighted by Crippen LogP contribution is 2.14. The van der Waals surface area contributed by atoms with Gasteiger partial charge in [-0.3, -0.25) is 0 Å². The summed E-state index contributed by atoms with van der Waals surface area (Å²) in [6.07, 6.45) is 0. The fourth-order valence-electron chi connectivity index (χ4n) is 1.35. The number of urea groups is 1. The van der Waals surface area contributed by atoms with E-state index in [4.69, 9.17) is 5.11 Å². The minimum absolute atomic E-state index is 0.0878. The van der Waals surface area contributed by atoms with Gasteiger partial charge in [-0.1, -0.05) is 18.2 Å². The average Bonchev–Trinajstić information content (AvgIpc) is 2.40. The fraction of sp³-hybridized carbons (Fsp3) is 0.462. The molecule has 0 aliphatic carbocycles. The number of thioether (sulfide) groups is 1. The van der Waals surface area contributed by atoms with Gasteiger partial charge in [0.15, 0.2) is 0 Å². The summed E-state index contributed by atoms with van der Waals surface area (Å²) in [6.45, 7) is 2.13. The molecular weight excluding hydrogens is 267 g/mol. The zero-order valence-corrected chi connectivity index (χ0v) is 11.7. The Morgan fingerprint density at radius 1 is 1.47 bits per heavy atom. The highest BCUT2D eigenvalue weighted by molar-refractivity contribution is 7.98. The van der Waals surface area contributed by atoms with E-state index in [-0.39, 0.29) is 24.5 Å². The smallest absolute Gasteiger partial charge is 0.315 e. The number of hydrogen-bond acceptors (Lipinski definition) is 3. The molecule has 0 aromatic heterocycles. The lowest BCUT2D eigenvalue weighted by atomic mass is 10.2. The van der Waals surface area contributed by atoms with Gasteiger partial charge < -0.3 is 15.7 Å². The highest BCUT2D eigenvalue weighted by Gasteiger charge is 2.05. The molecule has 0 saturated heterocycles. The minimum atomic E-state index is -0.298. The van der Waals surface area contributed by atoms with Crippen LogP contribution < -0.4 is 10.6 Å². The van der Waals surface area contributed by atoms with Gasteiger partial charge in [0, 0.05) is 18.1 Å². The van der Waals surface area contributed by atoms with Gasteiger partial charge in [-0.05, 0) is 18.6 Å². The van der Waals surface area contributed by atoms with Gasteiger partial charge in [0.25, 0.3) is 0 Å². The molecule has 0 aliphatic rings. The van der Waals surface area contributed by atoms with Crippen LogP contribution in [0.2, 0.25) is 0 Å². The van der Waals surface area contributed by atoms with E-state index in [2.05, 4.69) is 10.6 Å². The Bertz CT molecular complexity index is 404. The van der Waals surface area contributed by atoms with Crippen molar-refractivity contribution in [3.63, 3.8) is 0 Å². The van der Waals surface area contributed by atoms with Crippen molar-refractivity contribution in [1.82, 2.24) is 10.6 Å². The summed E-state index contributed by atoms with van der Waals surface area (Å²) >= 11 is 1.56. The molecule has 0 unspecified atom stereocenters. The third-order valence-corrected chi connectivity index (χ3v) is 3.41. The van der Waals surface area contributed by atoms with Crippen LogP contribution in [0.25, 0.3) is 0 Å². The molecule has 3 N–H and O–H groups in total. The van der Waals surface area contributed by atoms with Crippen LogP contribution in [0.15, 0.2) is 24.3 Å². The van der Waals surface area contributed by atoms with Crippen LogP contribution in [0.1, 0.15) is 12.5 Å². The second-order valence-corrected chi connectivity index (χ2v) is 5.23. The Hall–Kier alpha value is -1.27. The van der Waals surface area contributed by atoms with Crippen LogP contribution in [0.4, 0.5) is 9.18 Å². The molecule has 0 aliphatic heterocycles. The molecule has 2 amide bonds. The first-order valence-electron chi connectivity index (χ1n) is 6.10. The molecule has 0 spiro atoms. The molecule has 1 atom stereocenters. The van der Waals surface area contributed by atoms with E-state index in [1.54, 1.807) is 36.9 Å². The van der Waals surface area contributed by atoms with Crippen molar-refractivity contribution >= 4 is 17.8 Å². The highest BCUT2D eigenvalue weighted by atomic mass is 32.2. The maximum absolute atomic E-state index is 13.3. The topological polar surface area (TPSA) is 61.4 Å². The van der Waals surface area contributed by atoms with E-state index < -0.39 is 0 Å². The normalized spacial score (nSPS) is 11.9. The number of halogens is 1. The number of carbonyl (C=O) groups excluding carboxylic acids is 1. The summed E-state index contributed by atoms with van der Waals surface area (Å²) in [5, 5.41) is 14.0. The van der Waals surface area contributed by atoms with Gasteiger partial charge in [0.1, 0.15) is 5.82 Å². The monoisotopic (exact) mass is 286 g/mol. The van der Waals surface area contributed by atoms with Crippen LogP contribution in [0.5, 0.6) is 0 Å². The Morgan fingerprint density at radius 3 is 2.89 bits per heavy atom. The fourth-order valence-corrected chi connectivity index (χ4v) is 2.20. The van der Waals surface area contributed by atoms with Gasteiger partial charge in [0.2, 0.25) is 0 Å². The number of nitrogens with one attached hydrogen (secondary N) is 2. The molecule has 1 rings (SSSR count). The number of rotatable bonds is 7. The Labute approximate surface area is 116 Å². The predicted octanol–water partition coefficient (Wildman–Crippen LogP) is 1.74. The molecule has 0 fully saturated rings. The third-order valence-electron chi connectivity index (χ3n) is 2.40. The van der Waals surface area contributed by atoms with Crippen molar-refractivity contribution in [2.45, 2.75) is 18.7 Å². The van der Waals surface area contributed by atoms with Gasteiger partial charge >= 0.3 is 6.03 Å². The number of carbonyl (C=O) groups is 1. The summed E-state index contributed by atoms with van der Waals surface area (Å²) in [5.41, 5.74) is 0.672. The lowest BCUT2D eigenvalue weighted by Crippen LogP contribution is -2.42. The third kappa shape index (κ3) is 6.45. The number of amides is 2. The molecular formula is C13H19FN2O2S. The van der Waals surface area contributed by atoms with E-state index in [0.717, 1.165) is 0 Å². The molecule has 1 aromatic carbocycles. The van der Waals surface area contributed by atoms with E-state index >= 15 is 0 Å². The van der Waals surface area contributed by atoms with E-state index in [1.165, 1.54) is 6.07 Å². The van der Waals surface area contributed by atoms with Gasteiger partial charge in [-0.2, -0.15) is 11.8 Å². The van der Waals surface area contributed by atoms with Crippen molar-refractivity contribution < 1.29 is 14.3 Å². The quantitative estimate of drug-likeness (QED) is 0.669. The van der Waals surface area contributed by atoms with Gasteiger partial charge in [0.05, 0.1) is 12.6 Å². The van der Waals surface area contributed by atoms with Gasteiger partial charge in [-0.25, -0.2) is 9.18 Å². The van der Waals surface area contributed by atoms with Crippen LogP contribution >= 0.6 is 11.8 Å². The van der Waals surface area contributed by atoms with E-state index in [0.29, 0.717) is 23.6 Å². The molecule has 6 heteroatoms. The van der Waals surface area contributed by atoms with Crippen LogP contribution in [0, 0.1) is 5.82 Å². The summed E-state index contributed by atoms with van der Waals surface area (Å²) in [7, 11) is 0. The molecule has 106 valence electrons. The van der Waals surface area contributed by atoms with Crippen LogP contribution in [-0.2, 0) is 5.75 Å². The molecule has 0 radical (unpaired) electrons.